The Morgan fingerprint density at radius 2 is 1.67 bits per heavy atom. The molecule has 24 heavy (non-hydrogen) atoms. The first kappa shape index (κ1) is 18.2. The fourth-order valence-electron chi connectivity index (χ4n) is 2.15. The minimum absolute atomic E-state index is 0.0336. The number of nitrogens with zero attached hydrogens (tertiary/aromatic N) is 1. The lowest BCUT2D eigenvalue weighted by atomic mass is 10.1. The number of likely N-dealkylation sites (N-methyl/N-ethyl adjacent to an activating group) is 1. The van der Waals surface area contributed by atoms with Crippen molar-refractivity contribution in [1.82, 2.24) is 4.90 Å². The summed E-state index contributed by atoms with van der Waals surface area (Å²) in [6.45, 7) is 2.32. The van der Waals surface area contributed by atoms with Crippen LogP contribution in [0.3, 0.4) is 0 Å². The van der Waals surface area contributed by atoms with Crippen molar-refractivity contribution in [3.8, 4) is 5.75 Å². The maximum absolute atomic E-state index is 12.1. The quantitative estimate of drug-likeness (QED) is 0.670. The maximum atomic E-state index is 12.1. The summed E-state index contributed by atoms with van der Waals surface area (Å²) in [7, 11) is 1.75. The average Bonchev–Trinajstić information content (AvgIpc) is 2.61. The number of ether oxygens (including phenoxy) is 1. The van der Waals surface area contributed by atoms with Crippen molar-refractivity contribution < 1.29 is 14.3 Å². The second-order valence-electron chi connectivity index (χ2n) is 5.47. The van der Waals surface area contributed by atoms with Crippen molar-refractivity contribution in [1.29, 1.82) is 0 Å². The Bertz CT molecular complexity index is 696. The Morgan fingerprint density at radius 3 is 2.25 bits per heavy atom. The van der Waals surface area contributed by atoms with Gasteiger partial charge in [0.05, 0.1) is 0 Å². The highest BCUT2D eigenvalue weighted by Gasteiger charge is 2.10. The molecular formula is C19H20BrNO3. The number of carbonyl (C=O) groups excluding carboxylic acids is 2. The zero-order chi connectivity index (χ0) is 17.5. The van der Waals surface area contributed by atoms with Crippen LogP contribution < -0.4 is 4.74 Å². The van der Waals surface area contributed by atoms with Crippen molar-refractivity contribution in [2.75, 3.05) is 13.7 Å². The van der Waals surface area contributed by atoms with Crippen molar-refractivity contribution in [3.63, 3.8) is 0 Å². The predicted molar refractivity (Wildman–Crippen MR) is 97.2 cm³/mol. The third-order valence-electron chi connectivity index (χ3n) is 3.62. The molecule has 1 amide bonds. The van der Waals surface area contributed by atoms with Gasteiger partial charge in [-0.15, -0.1) is 0 Å². The summed E-state index contributed by atoms with van der Waals surface area (Å²) < 4.78 is 6.51. The number of hydrogen-bond acceptors (Lipinski definition) is 3. The van der Waals surface area contributed by atoms with Gasteiger partial charge in [-0.05, 0) is 42.0 Å². The number of amides is 1. The molecule has 126 valence electrons. The van der Waals surface area contributed by atoms with Crippen LogP contribution in [0.25, 0.3) is 0 Å². The molecule has 0 saturated carbocycles. The smallest absolute Gasteiger partial charge is 0.260 e. The molecule has 2 aromatic rings. The van der Waals surface area contributed by atoms with Crippen molar-refractivity contribution in [2.45, 2.75) is 19.9 Å². The number of rotatable bonds is 7. The Hall–Kier alpha value is -2.14. The summed E-state index contributed by atoms with van der Waals surface area (Å²) in [5.41, 5.74) is 1.71. The second kappa shape index (κ2) is 8.64. The highest BCUT2D eigenvalue weighted by molar-refractivity contribution is 9.10. The van der Waals surface area contributed by atoms with E-state index in [4.69, 9.17) is 4.74 Å². The Kier molecular flexibility index (Phi) is 6.55. The topological polar surface area (TPSA) is 46.6 Å². The van der Waals surface area contributed by atoms with Crippen molar-refractivity contribution in [2.24, 2.45) is 0 Å². The van der Waals surface area contributed by atoms with E-state index >= 15 is 0 Å². The third kappa shape index (κ3) is 5.20. The highest BCUT2D eigenvalue weighted by Crippen LogP contribution is 2.14. The van der Waals surface area contributed by atoms with E-state index in [1.54, 1.807) is 36.2 Å². The van der Waals surface area contributed by atoms with E-state index < -0.39 is 0 Å². The predicted octanol–water partition coefficient (Wildman–Crippen LogP) is 4.08. The first-order chi connectivity index (χ1) is 11.5. The SMILES string of the molecule is CCC(=O)c1ccc(OCC(=O)N(C)Cc2ccc(Br)cc2)cc1. The van der Waals surface area contributed by atoms with Gasteiger partial charge in [0.2, 0.25) is 0 Å². The molecule has 2 aromatic carbocycles. The van der Waals surface area contributed by atoms with Crippen molar-refractivity contribution in [3.05, 3.63) is 64.1 Å². The Morgan fingerprint density at radius 1 is 1.04 bits per heavy atom. The molecule has 0 aliphatic rings. The standard InChI is InChI=1S/C19H20BrNO3/c1-3-18(22)15-6-10-17(11-7-15)24-13-19(23)21(2)12-14-4-8-16(20)9-5-14/h4-11H,3,12-13H2,1-2H3. The van der Waals surface area contributed by atoms with Gasteiger partial charge in [0, 0.05) is 30.0 Å². The molecule has 0 atom stereocenters. The molecule has 0 aromatic heterocycles. The minimum Gasteiger partial charge on any atom is -0.484 e. The zero-order valence-corrected chi connectivity index (χ0v) is 15.4. The Balaban J connectivity index is 1.85. The van der Waals surface area contributed by atoms with E-state index in [-0.39, 0.29) is 18.3 Å². The van der Waals surface area contributed by atoms with Gasteiger partial charge >= 0.3 is 0 Å². The van der Waals surface area contributed by atoms with Crippen LogP contribution in [-0.2, 0) is 11.3 Å². The van der Waals surface area contributed by atoms with Crippen LogP contribution in [0.15, 0.2) is 53.0 Å². The van der Waals surface area contributed by atoms with Gasteiger partial charge in [-0.2, -0.15) is 0 Å². The first-order valence-corrected chi connectivity index (χ1v) is 8.53. The third-order valence-corrected chi connectivity index (χ3v) is 4.15. The summed E-state index contributed by atoms with van der Waals surface area (Å²) in [5, 5.41) is 0. The van der Waals surface area contributed by atoms with Crippen LogP contribution in [0.5, 0.6) is 5.75 Å². The molecule has 0 aliphatic carbocycles. The lowest BCUT2D eigenvalue weighted by Crippen LogP contribution is -2.30. The normalized spacial score (nSPS) is 10.3. The number of benzene rings is 2. The van der Waals surface area contributed by atoms with Gasteiger partial charge in [0.15, 0.2) is 12.4 Å². The van der Waals surface area contributed by atoms with Crippen LogP contribution >= 0.6 is 15.9 Å². The summed E-state index contributed by atoms with van der Waals surface area (Å²) in [6, 6.07) is 14.7. The van der Waals surface area contributed by atoms with E-state index in [9.17, 15) is 9.59 Å². The highest BCUT2D eigenvalue weighted by atomic mass is 79.9. The zero-order valence-electron chi connectivity index (χ0n) is 13.8. The fraction of sp³-hybridized carbons (Fsp3) is 0.263. The van der Waals surface area contributed by atoms with Gasteiger partial charge in [0.25, 0.3) is 5.91 Å². The van der Waals surface area contributed by atoms with E-state index in [0.29, 0.717) is 24.3 Å². The van der Waals surface area contributed by atoms with Crippen LogP contribution in [0.4, 0.5) is 0 Å². The monoisotopic (exact) mass is 389 g/mol. The van der Waals surface area contributed by atoms with Gasteiger partial charge in [0.1, 0.15) is 5.75 Å². The summed E-state index contributed by atoms with van der Waals surface area (Å²) in [6.07, 6.45) is 0.472. The number of hydrogen-bond donors (Lipinski definition) is 0. The number of Topliss-reactive ketones (excluding diaryl/α,β-unsaturated/α-hetero) is 1. The fourth-order valence-corrected chi connectivity index (χ4v) is 2.41. The van der Waals surface area contributed by atoms with Gasteiger partial charge in [-0.1, -0.05) is 35.0 Å². The Labute approximate surface area is 150 Å². The molecule has 5 heteroatoms. The molecule has 0 N–H and O–H groups in total. The van der Waals surface area contributed by atoms with Crippen LogP contribution in [0.2, 0.25) is 0 Å². The molecule has 0 fully saturated rings. The number of carbonyl (C=O) groups is 2. The molecule has 0 aliphatic heterocycles. The molecule has 0 saturated heterocycles. The van der Waals surface area contributed by atoms with Crippen LogP contribution in [0.1, 0.15) is 29.3 Å². The van der Waals surface area contributed by atoms with Crippen LogP contribution in [0, 0.1) is 0 Å². The maximum Gasteiger partial charge on any atom is 0.260 e. The van der Waals surface area contributed by atoms with E-state index in [0.717, 1.165) is 10.0 Å². The summed E-state index contributed by atoms with van der Waals surface area (Å²) in [5.74, 6) is 0.562. The largest absolute Gasteiger partial charge is 0.484 e. The molecule has 0 radical (unpaired) electrons. The second-order valence-corrected chi connectivity index (χ2v) is 6.38. The molecule has 4 nitrogen and oxygen atoms in total. The summed E-state index contributed by atoms with van der Waals surface area (Å²) >= 11 is 3.39. The van der Waals surface area contributed by atoms with E-state index in [1.807, 2.05) is 31.2 Å². The van der Waals surface area contributed by atoms with Gasteiger partial charge < -0.3 is 9.64 Å². The van der Waals surface area contributed by atoms with Gasteiger partial charge in [-0.25, -0.2) is 0 Å². The lowest BCUT2D eigenvalue weighted by Gasteiger charge is -2.17. The van der Waals surface area contributed by atoms with Crippen LogP contribution in [-0.4, -0.2) is 30.2 Å². The molecule has 0 bridgehead atoms. The first-order valence-electron chi connectivity index (χ1n) is 7.74. The van der Waals surface area contributed by atoms with E-state index in [1.165, 1.54) is 0 Å². The molecule has 0 spiro atoms. The van der Waals surface area contributed by atoms with Crippen molar-refractivity contribution >= 4 is 27.6 Å². The number of halogens is 1. The molecule has 0 heterocycles. The number of ketones is 1. The summed E-state index contributed by atoms with van der Waals surface area (Å²) in [4.78, 5) is 25.3. The van der Waals surface area contributed by atoms with E-state index in [2.05, 4.69) is 15.9 Å². The minimum atomic E-state index is -0.105. The van der Waals surface area contributed by atoms with Gasteiger partial charge in [-0.3, -0.25) is 9.59 Å². The molecule has 2 rings (SSSR count). The molecular weight excluding hydrogens is 370 g/mol. The lowest BCUT2D eigenvalue weighted by molar-refractivity contribution is -0.132. The average molecular weight is 390 g/mol. The molecule has 0 unspecified atom stereocenters.